The van der Waals surface area contributed by atoms with Gasteiger partial charge in [-0.05, 0) is 37.1 Å². The van der Waals surface area contributed by atoms with E-state index in [1.165, 1.54) is 0 Å². The zero-order valence-corrected chi connectivity index (χ0v) is 9.86. The Morgan fingerprint density at radius 3 is 1.64 bits per heavy atom. The first-order valence-electron chi connectivity index (χ1n) is 2.96. The van der Waals surface area contributed by atoms with Crippen molar-refractivity contribution in [3.05, 3.63) is 29.3 Å². The summed E-state index contributed by atoms with van der Waals surface area (Å²) in [6.07, 6.45) is 0. The molecule has 1 rings (SSSR count). The van der Waals surface area contributed by atoms with Crippen molar-refractivity contribution in [2.75, 3.05) is 0 Å². The number of hydrogen-bond acceptors (Lipinski definition) is 1. The van der Waals surface area contributed by atoms with Crippen molar-refractivity contribution in [2.45, 2.75) is 13.8 Å². The Morgan fingerprint density at radius 1 is 1.00 bits per heavy atom. The summed E-state index contributed by atoms with van der Waals surface area (Å²) in [5, 5.41) is 8.99. The first-order valence-corrected chi connectivity index (χ1v) is 2.96. The molecule has 0 unspecified atom stereocenters. The molecule has 1 N–H and O–H groups in total. The van der Waals surface area contributed by atoms with Gasteiger partial charge in [-0.15, -0.1) is 12.4 Å². The third-order valence-electron chi connectivity index (χ3n) is 1.21. The second-order valence-corrected chi connectivity index (χ2v) is 2.35. The Balaban J connectivity index is 0. The molecule has 11 heavy (non-hydrogen) atoms. The van der Waals surface area contributed by atoms with Crippen LogP contribution in [0.1, 0.15) is 11.1 Å². The van der Waals surface area contributed by atoms with E-state index in [2.05, 4.69) is 0 Å². The molecular formula is C8H11ClOZr. The molecule has 0 aromatic heterocycles. The summed E-state index contributed by atoms with van der Waals surface area (Å²) >= 11 is 0. The quantitative estimate of drug-likeness (QED) is 0.749. The topological polar surface area (TPSA) is 20.2 Å². The van der Waals surface area contributed by atoms with Gasteiger partial charge < -0.3 is 5.11 Å². The Morgan fingerprint density at radius 2 is 1.36 bits per heavy atom. The maximum Gasteiger partial charge on any atom is 0.116 e. The molecular weight excluding hydrogens is 239 g/mol. The fourth-order valence-electron chi connectivity index (χ4n) is 0.951. The van der Waals surface area contributed by atoms with E-state index in [4.69, 9.17) is 5.11 Å². The number of aryl methyl sites for hydroxylation is 2. The first kappa shape index (κ1) is 13.8. The van der Waals surface area contributed by atoms with E-state index in [9.17, 15) is 0 Å². The number of benzene rings is 1. The maximum absolute atomic E-state index is 8.99. The molecule has 0 saturated heterocycles. The number of halogens is 1. The van der Waals surface area contributed by atoms with Crippen LogP contribution in [0.25, 0.3) is 0 Å². The average molecular weight is 250 g/mol. The molecule has 0 saturated carbocycles. The number of rotatable bonds is 0. The van der Waals surface area contributed by atoms with E-state index in [-0.39, 0.29) is 38.6 Å². The molecule has 3 heteroatoms. The van der Waals surface area contributed by atoms with Gasteiger partial charge in [0.05, 0.1) is 0 Å². The largest absolute Gasteiger partial charge is 0.508 e. The Kier molecular flexibility index (Phi) is 7.25. The fourth-order valence-corrected chi connectivity index (χ4v) is 0.951. The number of aromatic hydroxyl groups is 1. The van der Waals surface area contributed by atoms with E-state index in [1.807, 2.05) is 19.9 Å². The summed E-state index contributed by atoms with van der Waals surface area (Å²) in [6.45, 7) is 3.93. The third-order valence-corrected chi connectivity index (χ3v) is 1.21. The van der Waals surface area contributed by atoms with Crippen LogP contribution in [0.4, 0.5) is 0 Å². The van der Waals surface area contributed by atoms with Gasteiger partial charge in [-0.2, -0.15) is 0 Å². The predicted octanol–water partition coefficient (Wildman–Crippen LogP) is 2.43. The van der Waals surface area contributed by atoms with Crippen LogP contribution in [-0.2, 0) is 26.2 Å². The van der Waals surface area contributed by atoms with Crippen molar-refractivity contribution in [3.63, 3.8) is 0 Å². The van der Waals surface area contributed by atoms with Crippen molar-refractivity contribution in [1.29, 1.82) is 0 Å². The minimum Gasteiger partial charge on any atom is -0.508 e. The van der Waals surface area contributed by atoms with E-state index >= 15 is 0 Å². The molecule has 0 radical (unpaired) electrons. The van der Waals surface area contributed by atoms with Crippen LogP contribution in [0, 0.1) is 13.8 Å². The number of phenols is 1. The standard InChI is InChI=1S/C8H10O.ClH.Zr/c1-6-3-7(2)5-8(9)4-6;;/h3-5,9H,1-2H3;1H;. The molecule has 0 fully saturated rings. The normalized spacial score (nSPS) is 7.82. The van der Waals surface area contributed by atoms with Gasteiger partial charge in [0, 0.05) is 26.2 Å². The first-order chi connectivity index (χ1) is 4.18. The van der Waals surface area contributed by atoms with Gasteiger partial charge in [-0.3, -0.25) is 0 Å². The van der Waals surface area contributed by atoms with Gasteiger partial charge in [0.2, 0.25) is 0 Å². The van der Waals surface area contributed by atoms with E-state index in [0.717, 1.165) is 11.1 Å². The summed E-state index contributed by atoms with van der Waals surface area (Å²) in [5.74, 6) is 0.354. The molecule has 0 aliphatic carbocycles. The van der Waals surface area contributed by atoms with E-state index in [0.29, 0.717) is 5.75 Å². The molecule has 0 aliphatic heterocycles. The van der Waals surface area contributed by atoms with Gasteiger partial charge in [0.1, 0.15) is 5.75 Å². The van der Waals surface area contributed by atoms with Crippen molar-refractivity contribution < 1.29 is 31.3 Å². The molecule has 0 heterocycles. The monoisotopic (exact) mass is 248 g/mol. The van der Waals surface area contributed by atoms with Crippen LogP contribution in [0.5, 0.6) is 5.75 Å². The zero-order valence-electron chi connectivity index (χ0n) is 6.59. The van der Waals surface area contributed by atoms with Crippen LogP contribution in [0.15, 0.2) is 18.2 Å². The van der Waals surface area contributed by atoms with Gasteiger partial charge in [0.25, 0.3) is 0 Å². The van der Waals surface area contributed by atoms with Crippen molar-refractivity contribution >= 4 is 12.4 Å². The van der Waals surface area contributed by atoms with Crippen LogP contribution >= 0.6 is 12.4 Å². The van der Waals surface area contributed by atoms with Crippen LogP contribution in [-0.4, -0.2) is 5.11 Å². The van der Waals surface area contributed by atoms with Crippen molar-refractivity contribution in [3.8, 4) is 5.75 Å². The second kappa shape index (κ2) is 5.79. The minimum atomic E-state index is 0. The molecule has 0 spiro atoms. The van der Waals surface area contributed by atoms with Gasteiger partial charge in [-0.25, -0.2) is 0 Å². The molecule has 0 bridgehead atoms. The average Bonchev–Trinajstić information content (AvgIpc) is 1.59. The smallest absolute Gasteiger partial charge is 0.116 e. The molecule has 0 aliphatic rings. The zero-order chi connectivity index (χ0) is 6.85. The fraction of sp³-hybridized carbons (Fsp3) is 0.250. The Hall–Kier alpha value is 0.193. The molecule has 0 amide bonds. The molecule has 1 aromatic carbocycles. The summed E-state index contributed by atoms with van der Waals surface area (Å²) in [7, 11) is 0. The number of phenolic OH excluding ortho intramolecular Hbond substituents is 1. The molecule has 60 valence electrons. The second-order valence-electron chi connectivity index (χ2n) is 2.35. The summed E-state index contributed by atoms with van der Waals surface area (Å²) in [5.41, 5.74) is 2.21. The van der Waals surface area contributed by atoms with Crippen LogP contribution in [0.3, 0.4) is 0 Å². The maximum atomic E-state index is 8.99. The Bertz CT molecular complexity index is 175. The molecule has 1 aromatic rings. The van der Waals surface area contributed by atoms with E-state index < -0.39 is 0 Å². The third kappa shape index (κ3) is 4.60. The van der Waals surface area contributed by atoms with Gasteiger partial charge in [-0.1, -0.05) is 6.07 Å². The van der Waals surface area contributed by atoms with E-state index in [1.54, 1.807) is 12.1 Å². The molecule has 1 nitrogen and oxygen atoms in total. The number of hydrogen-bond donors (Lipinski definition) is 1. The predicted molar refractivity (Wildman–Crippen MR) is 44.8 cm³/mol. The van der Waals surface area contributed by atoms with Crippen molar-refractivity contribution in [1.82, 2.24) is 0 Å². The summed E-state index contributed by atoms with van der Waals surface area (Å²) in [6, 6.07) is 5.51. The van der Waals surface area contributed by atoms with Crippen LogP contribution in [0.2, 0.25) is 0 Å². The van der Waals surface area contributed by atoms with Crippen molar-refractivity contribution in [2.24, 2.45) is 0 Å². The minimum absolute atomic E-state index is 0. The SMILES string of the molecule is Cc1cc(C)cc(O)c1.Cl.[Zr]. The van der Waals surface area contributed by atoms with Gasteiger partial charge in [0.15, 0.2) is 0 Å². The van der Waals surface area contributed by atoms with Crippen LogP contribution < -0.4 is 0 Å². The van der Waals surface area contributed by atoms with Gasteiger partial charge >= 0.3 is 0 Å². The summed E-state index contributed by atoms with van der Waals surface area (Å²) in [4.78, 5) is 0. The Labute approximate surface area is 92.4 Å². The summed E-state index contributed by atoms with van der Waals surface area (Å²) < 4.78 is 0. The molecule has 0 atom stereocenters.